The largest absolute Gasteiger partial charge is 1.00 e. The second kappa shape index (κ2) is 56.0. The van der Waals surface area contributed by atoms with Crippen LogP contribution in [0.25, 0.3) is 0 Å². The van der Waals surface area contributed by atoms with Crippen LogP contribution in [0, 0.1) is 0 Å². The van der Waals surface area contributed by atoms with Crippen LogP contribution in [0.15, 0.2) is 0 Å². The molecule has 0 bridgehead atoms. The smallest absolute Gasteiger partial charge is 1.00 e. The van der Waals surface area contributed by atoms with E-state index >= 15 is 0 Å². The summed E-state index contributed by atoms with van der Waals surface area (Å²) in [4.78, 5) is 0. The molecule has 0 aromatic rings. The third kappa shape index (κ3) is 43.6. The van der Waals surface area contributed by atoms with Gasteiger partial charge in [-0.05, 0) is 0 Å². The maximum absolute atomic E-state index is 7.72. The minimum Gasteiger partial charge on any atom is -1.00 e. The van der Waals surface area contributed by atoms with Crippen LogP contribution in [0.2, 0.25) is 0 Å². The van der Waals surface area contributed by atoms with E-state index < -0.39 is 0 Å². The molecule has 0 fully saturated rings. The van der Waals surface area contributed by atoms with E-state index in [9.17, 15) is 0 Å². The minimum absolute atomic E-state index is 0. The van der Waals surface area contributed by atoms with Crippen LogP contribution in [0.1, 0.15) is 0 Å². The fraction of sp³-hybridized carbons (Fsp3) is 0. The van der Waals surface area contributed by atoms with Gasteiger partial charge in [0, 0.05) is 0 Å². The van der Waals surface area contributed by atoms with E-state index in [0.717, 1.165) is 0 Å². The van der Waals surface area contributed by atoms with E-state index in [2.05, 4.69) is 11.9 Å². The topological polar surface area (TPSA) is 53.1 Å². The van der Waals surface area contributed by atoms with Gasteiger partial charge in [-0.15, -0.1) is 0 Å². The zero-order valence-corrected chi connectivity index (χ0v) is 12.1. The molecule has 0 unspecified atom stereocenters. The van der Waals surface area contributed by atoms with E-state index in [4.69, 9.17) is 4.66 Å². The molecule has 0 aliphatic rings. The van der Waals surface area contributed by atoms with Crippen molar-refractivity contribution in [3.63, 3.8) is 0 Å². The van der Waals surface area contributed by atoms with Crippen LogP contribution in [-0.2, 0) is 0 Å². The molecule has 7 heavy (non-hydrogen) atoms. The van der Waals surface area contributed by atoms with Crippen molar-refractivity contribution in [3.05, 3.63) is 0 Å². The van der Waals surface area contributed by atoms with Crippen molar-refractivity contribution < 1.29 is 111 Å². The van der Waals surface area contributed by atoms with E-state index in [0.29, 0.717) is 0 Å². The van der Waals surface area contributed by atoms with Crippen molar-refractivity contribution in [2.45, 2.75) is 0 Å². The van der Waals surface area contributed by atoms with Crippen molar-refractivity contribution >= 4 is 11.9 Å². The van der Waals surface area contributed by atoms with Crippen molar-refractivity contribution in [3.8, 4) is 0 Å². The molecule has 0 aromatic heterocycles. The van der Waals surface area contributed by atoms with E-state index in [-0.39, 0.29) is 107 Å². The Hall–Kier alpha value is 3.50. The van der Waals surface area contributed by atoms with Gasteiger partial charge in [0.2, 0.25) is 0 Å². The van der Waals surface area contributed by atoms with Crippen LogP contribution < -0.4 is 106 Å². The Morgan fingerprint density at radius 2 is 0.857 bits per heavy atom. The molecule has 0 heterocycles. The van der Waals surface area contributed by atoms with E-state index in [1.54, 1.807) is 0 Å². The standard InChI is InChI=1S/ClO.ClH.3Na.H2O/c1-2;;;;;/h;1H;;;;1H2/q-1;;3*+1;/p-2. The Morgan fingerprint density at radius 1 is 0.857 bits per heavy atom. The molecule has 7 heteroatoms. The van der Waals surface area contributed by atoms with E-state index in [1.807, 2.05) is 0 Å². The van der Waals surface area contributed by atoms with Gasteiger partial charge in [-0.1, -0.05) is 0 Å². The van der Waals surface area contributed by atoms with Crippen LogP contribution >= 0.6 is 11.9 Å². The third-order valence-electron chi connectivity index (χ3n) is 0. The second-order valence-electron chi connectivity index (χ2n) is 0. The Morgan fingerprint density at radius 3 is 0.857 bits per heavy atom. The quantitative estimate of drug-likeness (QED) is 0.341. The average molecular weight is 173 g/mol. The fourth-order valence-electron chi connectivity index (χ4n) is 0. The molecule has 0 aliphatic heterocycles. The zero-order valence-electron chi connectivity index (χ0n) is 4.61. The Labute approximate surface area is 121 Å². The first-order valence-corrected chi connectivity index (χ1v) is 0.463. The average Bonchev–Trinajstić information content (AvgIpc) is 1.00. The van der Waals surface area contributed by atoms with Crippen molar-refractivity contribution in [2.75, 3.05) is 0 Å². The number of hydrogen-bond donors (Lipinski definition) is 0. The van der Waals surface area contributed by atoms with Gasteiger partial charge in [-0.3, -0.25) is 0 Å². The summed E-state index contributed by atoms with van der Waals surface area (Å²) in [5, 5.41) is 0. The maximum atomic E-state index is 7.72. The molecule has 2 nitrogen and oxygen atoms in total. The summed E-state index contributed by atoms with van der Waals surface area (Å²) < 4.78 is 7.72. The molecule has 0 aliphatic carbocycles. The molecular formula is HCl2Na3O2. The number of hydrogen-bond acceptors (Lipinski definition) is 2. The van der Waals surface area contributed by atoms with E-state index in [1.165, 1.54) is 0 Å². The van der Waals surface area contributed by atoms with Crippen LogP contribution in [0.3, 0.4) is 0 Å². The predicted octanol–water partition coefficient (Wildman–Crippen LogP) is -12.7. The molecule has 0 saturated heterocycles. The number of rotatable bonds is 0. The van der Waals surface area contributed by atoms with Crippen molar-refractivity contribution in [1.82, 2.24) is 0 Å². The molecule has 30 valence electrons. The summed E-state index contributed by atoms with van der Waals surface area (Å²) in [5.41, 5.74) is 0. The SMILES string of the molecule is [Cl-].[Na+].[Na+].[Na+].[O-]Cl.[OH-]. The summed E-state index contributed by atoms with van der Waals surface area (Å²) in [6.07, 6.45) is 0. The summed E-state index contributed by atoms with van der Waals surface area (Å²) in [5.74, 6) is 0. The first-order valence-electron chi connectivity index (χ1n) is 0.154. The zero-order chi connectivity index (χ0) is 2.00. The third-order valence-corrected chi connectivity index (χ3v) is 0. The molecule has 0 radical (unpaired) electrons. The molecule has 0 saturated carbocycles. The van der Waals surface area contributed by atoms with Gasteiger partial charge in [0.15, 0.2) is 0 Å². The van der Waals surface area contributed by atoms with Gasteiger partial charge in [-0.25, -0.2) is 11.9 Å². The van der Waals surface area contributed by atoms with Gasteiger partial charge >= 0.3 is 88.7 Å². The van der Waals surface area contributed by atoms with Crippen LogP contribution in [-0.4, -0.2) is 5.48 Å². The Balaban J connectivity index is -0.000000000500. The molecule has 0 spiro atoms. The van der Waals surface area contributed by atoms with Gasteiger partial charge in [0.25, 0.3) is 0 Å². The van der Waals surface area contributed by atoms with Crippen molar-refractivity contribution in [2.24, 2.45) is 0 Å². The van der Waals surface area contributed by atoms with Gasteiger partial charge in [-0.2, -0.15) is 0 Å². The van der Waals surface area contributed by atoms with Crippen LogP contribution in [0.5, 0.6) is 0 Å². The number of halogens is 2. The maximum Gasteiger partial charge on any atom is 1.00 e. The van der Waals surface area contributed by atoms with Gasteiger partial charge in [0.1, 0.15) is 0 Å². The second-order valence-corrected chi connectivity index (χ2v) is 0. The monoisotopic (exact) mass is 172 g/mol. The Bertz CT molecular complexity index is 10.9. The minimum atomic E-state index is 0. The normalized spacial score (nSPS) is 0.857. The first-order chi connectivity index (χ1) is 1.00. The molecule has 1 N–H and O–H groups in total. The summed E-state index contributed by atoms with van der Waals surface area (Å²) in [6.45, 7) is 0. The first kappa shape index (κ1) is 46.8. The molecule has 0 aromatic carbocycles. The fourth-order valence-corrected chi connectivity index (χ4v) is 0. The summed E-state index contributed by atoms with van der Waals surface area (Å²) >= 11 is 3.39. The summed E-state index contributed by atoms with van der Waals surface area (Å²) in [7, 11) is 0. The van der Waals surface area contributed by atoms with Crippen LogP contribution in [0.4, 0.5) is 0 Å². The van der Waals surface area contributed by atoms with Crippen molar-refractivity contribution in [1.29, 1.82) is 0 Å². The predicted molar refractivity (Wildman–Crippen MR) is 7.79 cm³/mol. The summed E-state index contributed by atoms with van der Waals surface area (Å²) in [6, 6.07) is 0. The molecule has 0 amide bonds. The van der Waals surface area contributed by atoms with Gasteiger partial charge < -0.3 is 22.5 Å². The molecular weight excluding hydrogens is 172 g/mol. The van der Waals surface area contributed by atoms with Gasteiger partial charge in [0.05, 0.1) is 0 Å². The molecule has 0 atom stereocenters. The molecule has 0 rings (SSSR count). The Kier molecular flexibility index (Phi) is 375.